The van der Waals surface area contributed by atoms with Gasteiger partial charge >= 0.3 is 0 Å². The van der Waals surface area contributed by atoms with E-state index in [-0.39, 0.29) is 11.7 Å². The van der Waals surface area contributed by atoms with Gasteiger partial charge in [0.15, 0.2) is 0 Å². The molecule has 0 spiro atoms. The molecule has 6 nitrogen and oxygen atoms in total. The topological polar surface area (TPSA) is 52.6 Å². The van der Waals surface area contributed by atoms with Crippen LogP contribution in [0.4, 0.5) is 16.2 Å². The van der Waals surface area contributed by atoms with Gasteiger partial charge in [-0.3, -0.25) is 4.79 Å². The van der Waals surface area contributed by atoms with Crippen LogP contribution in [0.3, 0.4) is 0 Å². The van der Waals surface area contributed by atoms with E-state index in [4.69, 9.17) is 4.98 Å². The Morgan fingerprint density at radius 1 is 0.962 bits per heavy atom. The Morgan fingerprint density at radius 3 is 2.46 bits per heavy atom. The van der Waals surface area contributed by atoms with Crippen LogP contribution in [0.15, 0.2) is 36.5 Å². The van der Waals surface area contributed by atoms with Crippen molar-refractivity contribution in [3.8, 4) is 0 Å². The third-order valence-corrected chi connectivity index (χ3v) is 4.98. The van der Waals surface area contributed by atoms with Crippen molar-refractivity contribution in [2.24, 2.45) is 0 Å². The summed E-state index contributed by atoms with van der Waals surface area (Å²) in [6.07, 6.45) is 4.18. The molecule has 0 bridgehead atoms. The van der Waals surface area contributed by atoms with E-state index in [2.05, 4.69) is 14.8 Å². The number of benzene rings is 1. The number of nitrogens with zero attached hydrogens (tertiary/aromatic N) is 5. The molecule has 2 fully saturated rings. The fraction of sp³-hybridized carbons (Fsp3) is 0.421. The van der Waals surface area contributed by atoms with Gasteiger partial charge in [0, 0.05) is 51.0 Å². The van der Waals surface area contributed by atoms with E-state index in [1.807, 2.05) is 6.07 Å². The van der Waals surface area contributed by atoms with Crippen molar-refractivity contribution in [2.75, 3.05) is 49.1 Å². The molecule has 136 valence electrons. The number of carbonyl (C=O) groups excluding carboxylic acids is 1. The van der Waals surface area contributed by atoms with E-state index in [1.165, 1.54) is 25.0 Å². The Morgan fingerprint density at radius 2 is 1.73 bits per heavy atom. The normalized spacial score (nSPS) is 17.7. The minimum atomic E-state index is -0.384. The van der Waals surface area contributed by atoms with Gasteiger partial charge < -0.3 is 14.7 Å². The van der Waals surface area contributed by atoms with Gasteiger partial charge in [0.25, 0.3) is 5.91 Å². The first-order valence-electron chi connectivity index (χ1n) is 9.08. The zero-order valence-electron chi connectivity index (χ0n) is 14.6. The molecule has 26 heavy (non-hydrogen) atoms. The average Bonchev–Trinajstić information content (AvgIpc) is 3.23. The maximum absolute atomic E-state index is 13.3. The van der Waals surface area contributed by atoms with E-state index >= 15 is 0 Å². The standard InChI is InChI=1S/C19H22FN5O/c20-16-5-3-4-15(14-16)18(26)24-12-10-23(11-13-24)17-6-7-21-19(22-17)25-8-1-2-9-25/h3-7,14H,1-2,8-13H2. The largest absolute Gasteiger partial charge is 0.353 e. The Kier molecular flexibility index (Phi) is 4.69. The molecule has 0 saturated carbocycles. The molecule has 1 amide bonds. The summed E-state index contributed by atoms with van der Waals surface area (Å²) in [5.41, 5.74) is 0.400. The molecular weight excluding hydrogens is 333 g/mol. The molecule has 0 unspecified atom stereocenters. The predicted molar refractivity (Wildman–Crippen MR) is 98.0 cm³/mol. The minimum absolute atomic E-state index is 0.121. The summed E-state index contributed by atoms with van der Waals surface area (Å²) < 4.78 is 13.3. The second kappa shape index (κ2) is 7.27. The van der Waals surface area contributed by atoms with Crippen LogP contribution in [0.2, 0.25) is 0 Å². The zero-order chi connectivity index (χ0) is 17.9. The number of rotatable bonds is 3. The number of anilines is 2. The van der Waals surface area contributed by atoms with E-state index in [0.29, 0.717) is 31.7 Å². The summed E-state index contributed by atoms with van der Waals surface area (Å²) in [5, 5.41) is 0. The number of aromatic nitrogens is 2. The molecule has 0 radical (unpaired) electrons. The highest BCUT2D eigenvalue weighted by molar-refractivity contribution is 5.94. The molecule has 2 aliphatic heterocycles. The fourth-order valence-corrected chi connectivity index (χ4v) is 3.53. The summed E-state index contributed by atoms with van der Waals surface area (Å²) >= 11 is 0. The van der Waals surface area contributed by atoms with Crippen molar-refractivity contribution in [2.45, 2.75) is 12.8 Å². The van der Waals surface area contributed by atoms with Crippen molar-refractivity contribution in [3.05, 3.63) is 47.9 Å². The maximum atomic E-state index is 13.3. The van der Waals surface area contributed by atoms with E-state index < -0.39 is 0 Å². The van der Waals surface area contributed by atoms with Crippen LogP contribution in [-0.4, -0.2) is 60.0 Å². The number of hydrogen-bond donors (Lipinski definition) is 0. The molecule has 2 aromatic rings. The van der Waals surface area contributed by atoms with Crippen LogP contribution in [0.25, 0.3) is 0 Å². The maximum Gasteiger partial charge on any atom is 0.254 e. The molecule has 1 aromatic carbocycles. The van der Waals surface area contributed by atoms with Crippen molar-refractivity contribution in [3.63, 3.8) is 0 Å². The number of piperazine rings is 1. The second-order valence-corrected chi connectivity index (χ2v) is 6.70. The van der Waals surface area contributed by atoms with E-state index in [1.54, 1.807) is 23.2 Å². The first-order chi connectivity index (χ1) is 12.7. The van der Waals surface area contributed by atoms with Gasteiger partial charge in [0.05, 0.1) is 0 Å². The lowest BCUT2D eigenvalue weighted by Gasteiger charge is -2.35. The highest BCUT2D eigenvalue weighted by Gasteiger charge is 2.24. The first kappa shape index (κ1) is 16.8. The number of amides is 1. The van der Waals surface area contributed by atoms with Gasteiger partial charge in [0.1, 0.15) is 11.6 Å². The van der Waals surface area contributed by atoms with Crippen molar-refractivity contribution in [1.29, 1.82) is 0 Å². The third-order valence-electron chi connectivity index (χ3n) is 4.98. The molecule has 2 aliphatic rings. The molecule has 1 aromatic heterocycles. The Balaban J connectivity index is 1.40. The fourth-order valence-electron chi connectivity index (χ4n) is 3.53. The van der Waals surface area contributed by atoms with Crippen LogP contribution >= 0.6 is 0 Å². The lowest BCUT2D eigenvalue weighted by atomic mass is 10.1. The summed E-state index contributed by atoms with van der Waals surface area (Å²) in [6.45, 7) is 4.63. The molecule has 2 saturated heterocycles. The smallest absolute Gasteiger partial charge is 0.254 e. The van der Waals surface area contributed by atoms with Gasteiger partial charge in [-0.05, 0) is 37.1 Å². The highest BCUT2D eigenvalue weighted by Crippen LogP contribution is 2.20. The van der Waals surface area contributed by atoms with Crippen LogP contribution in [-0.2, 0) is 0 Å². The van der Waals surface area contributed by atoms with Crippen LogP contribution in [0, 0.1) is 5.82 Å². The van der Waals surface area contributed by atoms with Crippen molar-refractivity contribution in [1.82, 2.24) is 14.9 Å². The number of hydrogen-bond acceptors (Lipinski definition) is 5. The van der Waals surface area contributed by atoms with Gasteiger partial charge in [0.2, 0.25) is 5.95 Å². The van der Waals surface area contributed by atoms with Crippen molar-refractivity contribution >= 4 is 17.7 Å². The van der Waals surface area contributed by atoms with Gasteiger partial charge in [-0.25, -0.2) is 9.37 Å². The van der Waals surface area contributed by atoms with Crippen LogP contribution < -0.4 is 9.80 Å². The minimum Gasteiger partial charge on any atom is -0.353 e. The van der Waals surface area contributed by atoms with Gasteiger partial charge in [-0.2, -0.15) is 4.98 Å². The van der Waals surface area contributed by atoms with Crippen LogP contribution in [0.1, 0.15) is 23.2 Å². The average molecular weight is 355 g/mol. The molecule has 0 N–H and O–H groups in total. The lowest BCUT2D eigenvalue weighted by Crippen LogP contribution is -2.49. The molecular formula is C19H22FN5O. The summed E-state index contributed by atoms with van der Waals surface area (Å²) in [7, 11) is 0. The lowest BCUT2D eigenvalue weighted by molar-refractivity contribution is 0.0746. The summed E-state index contributed by atoms with van der Waals surface area (Å²) in [6, 6.07) is 7.79. The predicted octanol–water partition coefficient (Wildman–Crippen LogP) is 2.18. The van der Waals surface area contributed by atoms with E-state index in [9.17, 15) is 9.18 Å². The molecule has 4 rings (SSSR count). The van der Waals surface area contributed by atoms with Crippen LogP contribution in [0.5, 0.6) is 0 Å². The Labute approximate surface area is 152 Å². The molecule has 0 atom stereocenters. The molecule has 0 aliphatic carbocycles. The Bertz CT molecular complexity index is 785. The van der Waals surface area contributed by atoms with Gasteiger partial charge in [-0.1, -0.05) is 6.07 Å². The summed E-state index contributed by atoms with van der Waals surface area (Å²) in [5.74, 6) is 1.19. The Hall–Kier alpha value is -2.70. The first-order valence-corrected chi connectivity index (χ1v) is 9.08. The van der Waals surface area contributed by atoms with E-state index in [0.717, 1.165) is 24.9 Å². The highest BCUT2D eigenvalue weighted by atomic mass is 19.1. The molecule has 3 heterocycles. The number of carbonyl (C=O) groups is 1. The zero-order valence-corrected chi connectivity index (χ0v) is 14.6. The third kappa shape index (κ3) is 3.47. The van der Waals surface area contributed by atoms with Gasteiger partial charge in [-0.15, -0.1) is 0 Å². The monoisotopic (exact) mass is 355 g/mol. The number of halogens is 1. The SMILES string of the molecule is O=C(c1cccc(F)c1)N1CCN(c2ccnc(N3CCCC3)n2)CC1. The quantitative estimate of drug-likeness (QED) is 0.845. The second-order valence-electron chi connectivity index (χ2n) is 6.70. The van der Waals surface area contributed by atoms with Crippen molar-refractivity contribution < 1.29 is 9.18 Å². The molecule has 7 heteroatoms. The summed E-state index contributed by atoms with van der Waals surface area (Å²) in [4.78, 5) is 27.8.